The predicted molar refractivity (Wildman–Crippen MR) is 89.6 cm³/mol. The third kappa shape index (κ3) is 3.62. The number of carbonyl (C=O) groups excluding carboxylic acids is 1. The summed E-state index contributed by atoms with van der Waals surface area (Å²) < 4.78 is 53.7. The van der Waals surface area contributed by atoms with Crippen LogP contribution in [0, 0.1) is 5.82 Å². The number of nitrogens with zero attached hydrogens (tertiary/aromatic N) is 4. The van der Waals surface area contributed by atoms with Gasteiger partial charge in [0.15, 0.2) is 0 Å². The Balaban J connectivity index is 1.80. The van der Waals surface area contributed by atoms with Gasteiger partial charge in [-0.2, -0.15) is 13.2 Å². The lowest BCUT2D eigenvalue weighted by Crippen LogP contribution is -2.51. The van der Waals surface area contributed by atoms with Gasteiger partial charge in [0.05, 0.1) is 11.1 Å². The lowest BCUT2D eigenvalue weighted by Gasteiger charge is -2.35. The molecule has 28 heavy (non-hydrogen) atoms. The van der Waals surface area contributed by atoms with E-state index in [4.69, 9.17) is 0 Å². The number of aromatic amines is 1. The summed E-state index contributed by atoms with van der Waals surface area (Å²) in [6, 6.07) is 1.75. The second-order valence-corrected chi connectivity index (χ2v) is 6.18. The Morgan fingerprint density at radius 3 is 2.39 bits per heavy atom. The lowest BCUT2D eigenvalue weighted by molar-refractivity contribution is -0.138. The van der Waals surface area contributed by atoms with Gasteiger partial charge in [-0.1, -0.05) is 0 Å². The fraction of sp³-hybridized carbons (Fsp3) is 0.375. The van der Waals surface area contributed by atoms with Crippen LogP contribution in [-0.4, -0.2) is 51.8 Å². The maximum Gasteiger partial charge on any atom is 0.417 e. The number of benzene rings is 1. The van der Waals surface area contributed by atoms with Crippen molar-refractivity contribution in [2.24, 2.45) is 7.05 Å². The normalized spacial score (nSPS) is 15.0. The smallest absolute Gasteiger partial charge is 0.347 e. The van der Waals surface area contributed by atoms with Crippen molar-refractivity contribution in [3.63, 3.8) is 0 Å². The molecule has 1 aliphatic rings. The van der Waals surface area contributed by atoms with Gasteiger partial charge in [-0.3, -0.25) is 14.2 Å². The molecule has 3 rings (SSSR count). The molecule has 1 N–H and O–H groups in total. The Labute approximate surface area is 155 Å². The molecule has 2 heterocycles. The second kappa shape index (κ2) is 7.09. The second-order valence-electron chi connectivity index (χ2n) is 6.18. The van der Waals surface area contributed by atoms with Crippen molar-refractivity contribution >= 4 is 11.7 Å². The first-order chi connectivity index (χ1) is 13.1. The van der Waals surface area contributed by atoms with Crippen LogP contribution in [-0.2, 0) is 13.2 Å². The summed E-state index contributed by atoms with van der Waals surface area (Å²) in [4.78, 5) is 38.7. The highest BCUT2D eigenvalue weighted by Gasteiger charge is 2.37. The maximum atomic E-state index is 13.4. The molecule has 12 heteroatoms. The molecular weight excluding hydrogens is 386 g/mol. The van der Waals surface area contributed by atoms with Gasteiger partial charge in [0.2, 0.25) is 5.82 Å². The molecule has 1 saturated heterocycles. The number of hydrogen-bond donors (Lipinski definition) is 1. The zero-order valence-electron chi connectivity index (χ0n) is 14.6. The molecule has 0 unspecified atom stereocenters. The number of H-pyrrole nitrogens is 1. The van der Waals surface area contributed by atoms with Crippen molar-refractivity contribution in [2.75, 3.05) is 31.1 Å². The Morgan fingerprint density at radius 2 is 1.79 bits per heavy atom. The molecular formula is C16H15F4N5O3. The number of rotatable bonds is 2. The molecule has 8 nitrogen and oxygen atoms in total. The standard InChI is InChI=1S/C16H15F4N5O3/c1-23-14(27)12(21-22-15(23)28)24-4-6-25(7-5-24)13(26)10-8-9(17)2-3-11(10)16(18,19)20/h2-3,8H,4-7H2,1H3,(H,22,28). The van der Waals surface area contributed by atoms with Crippen LogP contribution in [0.5, 0.6) is 0 Å². The molecule has 1 fully saturated rings. The van der Waals surface area contributed by atoms with E-state index in [0.29, 0.717) is 18.2 Å². The molecule has 1 aliphatic heterocycles. The van der Waals surface area contributed by atoms with Crippen LogP contribution >= 0.6 is 0 Å². The molecule has 1 aromatic carbocycles. The van der Waals surface area contributed by atoms with E-state index in [1.165, 1.54) is 11.9 Å². The molecule has 0 bridgehead atoms. The minimum absolute atomic E-state index is 0.00337. The fourth-order valence-electron chi connectivity index (χ4n) is 2.90. The highest BCUT2D eigenvalue weighted by Crippen LogP contribution is 2.33. The Hall–Kier alpha value is -3.18. The van der Waals surface area contributed by atoms with Crippen molar-refractivity contribution in [3.8, 4) is 0 Å². The fourth-order valence-corrected chi connectivity index (χ4v) is 2.90. The summed E-state index contributed by atoms with van der Waals surface area (Å²) in [6.45, 7) is 0.209. The van der Waals surface area contributed by atoms with E-state index in [0.717, 1.165) is 9.47 Å². The van der Waals surface area contributed by atoms with E-state index >= 15 is 0 Å². The van der Waals surface area contributed by atoms with Crippen LogP contribution in [0.15, 0.2) is 27.8 Å². The molecule has 1 amide bonds. The van der Waals surface area contributed by atoms with Gasteiger partial charge in [-0.25, -0.2) is 14.3 Å². The first-order valence-electron chi connectivity index (χ1n) is 8.16. The van der Waals surface area contributed by atoms with E-state index in [-0.39, 0.29) is 32.0 Å². The summed E-state index contributed by atoms with van der Waals surface area (Å²) in [7, 11) is 1.27. The Bertz CT molecular complexity index is 1020. The van der Waals surface area contributed by atoms with Gasteiger partial charge in [0.1, 0.15) is 5.82 Å². The van der Waals surface area contributed by atoms with E-state index < -0.39 is 40.3 Å². The van der Waals surface area contributed by atoms with Crippen LogP contribution in [0.3, 0.4) is 0 Å². The van der Waals surface area contributed by atoms with E-state index in [1.54, 1.807) is 0 Å². The number of hydrogen-bond acceptors (Lipinski definition) is 5. The summed E-state index contributed by atoms with van der Waals surface area (Å²) >= 11 is 0. The van der Waals surface area contributed by atoms with Gasteiger partial charge in [0.25, 0.3) is 11.5 Å². The quantitative estimate of drug-likeness (QED) is 0.744. The molecule has 150 valence electrons. The first-order valence-corrected chi connectivity index (χ1v) is 8.16. The highest BCUT2D eigenvalue weighted by atomic mass is 19.4. The number of aromatic nitrogens is 3. The Morgan fingerprint density at radius 1 is 1.14 bits per heavy atom. The predicted octanol–water partition coefficient (Wildman–Crippen LogP) is 0.589. The molecule has 0 saturated carbocycles. The molecule has 0 spiro atoms. The third-order valence-corrected chi connectivity index (χ3v) is 4.44. The molecule has 0 atom stereocenters. The SMILES string of the molecule is Cn1c(=O)[nH]nc(N2CCN(C(=O)c3cc(F)ccc3C(F)(F)F)CC2)c1=O. The average Bonchev–Trinajstić information content (AvgIpc) is 2.65. The van der Waals surface area contributed by atoms with Crippen molar-refractivity contribution < 1.29 is 22.4 Å². The van der Waals surface area contributed by atoms with Gasteiger partial charge in [-0.15, -0.1) is 5.10 Å². The number of carbonyl (C=O) groups is 1. The van der Waals surface area contributed by atoms with Crippen molar-refractivity contribution in [1.29, 1.82) is 0 Å². The number of anilines is 1. The minimum Gasteiger partial charge on any atom is -0.347 e. The number of amides is 1. The minimum atomic E-state index is -4.80. The third-order valence-electron chi connectivity index (χ3n) is 4.44. The molecule has 1 aromatic heterocycles. The Kier molecular flexibility index (Phi) is 4.96. The van der Waals surface area contributed by atoms with E-state index in [9.17, 15) is 31.9 Å². The van der Waals surface area contributed by atoms with E-state index in [1.807, 2.05) is 0 Å². The number of piperazine rings is 1. The van der Waals surface area contributed by atoms with Crippen LogP contribution in [0.1, 0.15) is 15.9 Å². The van der Waals surface area contributed by atoms with Crippen LogP contribution in [0.2, 0.25) is 0 Å². The summed E-state index contributed by atoms with van der Waals surface area (Å²) in [6.07, 6.45) is -4.80. The van der Waals surface area contributed by atoms with Crippen molar-refractivity contribution in [3.05, 3.63) is 56.0 Å². The zero-order chi connectivity index (χ0) is 20.6. The summed E-state index contributed by atoms with van der Waals surface area (Å²) in [5.41, 5.74) is -3.29. The van der Waals surface area contributed by atoms with Gasteiger partial charge in [-0.05, 0) is 18.2 Å². The van der Waals surface area contributed by atoms with Crippen LogP contribution in [0.25, 0.3) is 0 Å². The zero-order valence-corrected chi connectivity index (χ0v) is 14.6. The lowest BCUT2D eigenvalue weighted by atomic mass is 10.0. The number of nitrogens with one attached hydrogen (secondary N) is 1. The monoisotopic (exact) mass is 401 g/mol. The number of alkyl halides is 3. The van der Waals surface area contributed by atoms with Crippen LogP contribution < -0.4 is 16.1 Å². The molecule has 0 aliphatic carbocycles. The molecule has 0 radical (unpaired) electrons. The largest absolute Gasteiger partial charge is 0.417 e. The van der Waals surface area contributed by atoms with E-state index in [2.05, 4.69) is 10.2 Å². The van der Waals surface area contributed by atoms with Crippen molar-refractivity contribution in [1.82, 2.24) is 19.7 Å². The van der Waals surface area contributed by atoms with Gasteiger partial charge in [0, 0.05) is 33.2 Å². The van der Waals surface area contributed by atoms with Gasteiger partial charge < -0.3 is 9.80 Å². The first kappa shape index (κ1) is 19.6. The molecule has 2 aromatic rings. The number of halogens is 4. The summed E-state index contributed by atoms with van der Waals surface area (Å²) in [5, 5.41) is 5.87. The van der Waals surface area contributed by atoms with Crippen molar-refractivity contribution in [2.45, 2.75) is 6.18 Å². The topological polar surface area (TPSA) is 91.3 Å². The average molecular weight is 401 g/mol. The van der Waals surface area contributed by atoms with Crippen LogP contribution in [0.4, 0.5) is 23.4 Å². The highest BCUT2D eigenvalue weighted by molar-refractivity contribution is 5.96. The summed E-state index contributed by atoms with van der Waals surface area (Å²) in [5.74, 6) is -1.93. The maximum absolute atomic E-state index is 13.4. The van der Waals surface area contributed by atoms with Gasteiger partial charge >= 0.3 is 11.9 Å².